The standard InChI is InChI=1S/C26H27FN8O2/c1-14-13-35-24(30-14)15(11-28)8-18(33-35)16-9-19(36)22(29-12-16)17-6-7-21(32-31-17)37-20-10-25(2,3)34-26(4,5)23(20)27/h6-9,12-13,20,23,34,36H,10H2,1-5H3/t20-,23-/m1/s1. The number of hydrogen-bond donors (Lipinski definition) is 2. The van der Waals surface area contributed by atoms with Crippen LogP contribution in [0.2, 0.25) is 0 Å². The van der Waals surface area contributed by atoms with Crippen molar-refractivity contribution in [2.75, 3.05) is 0 Å². The number of nitrogens with zero attached hydrogens (tertiary/aromatic N) is 7. The van der Waals surface area contributed by atoms with Crippen LogP contribution in [0, 0.1) is 18.3 Å². The van der Waals surface area contributed by atoms with Crippen molar-refractivity contribution in [3.05, 3.63) is 47.9 Å². The molecule has 190 valence electrons. The molecule has 5 rings (SSSR count). The first-order chi connectivity index (χ1) is 17.5. The highest BCUT2D eigenvalue weighted by atomic mass is 19.1. The van der Waals surface area contributed by atoms with Crippen molar-refractivity contribution >= 4 is 5.65 Å². The second-order valence-corrected chi connectivity index (χ2v) is 10.5. The van der Waals surface area contributed by atoms with Gasteiger partial charge in [0.05, 0.1) is 23.1 Å². The molecule has 2 N–H and O–H groups in total. The van der Waals surface area contributed by atoms with Crippen LogP contribution in [-0.4, -0.2) is 58.2 Å². The summed E-state index contributed by atoms with van der Waals surface area (Å²) in [4.78, 5) is 8.67. The minimum absolute atomic E-state index is 0.131. The van der Waals surface area contributed by atoms with Crippen LogP contribution in [-0.2, 0) is 0 Å². The number of imidazole rings is 1. The Balaban J connectivity index is 1.38. The maximum Gasteiger partial charge on any atom is 0.233 e. The highest BCUT2D eigenvalue weighted by Crippen LogP contribution is 2.34. The van der Waals surface area contributed by atoms with Crippen molar-refractivity contribution in [3.8, 4) is 40.3 Å². The predicted octanol–water partition coefficient (Wildman–Crippen LogP) is 3.77. The molecule has 0 radical (unpaired) electrons. The summed E-state index contributed by atoms with van der Waals surface area (Å²) >= 11 is 0. The van der Waals surface area contributed by atoms with Gasteiger partial charge < -0.3 is 15.2 Å². The molecule has 0 amide bonds. The summed E-state index contributed by atoms with van der Waals surface area (Å²) in [6.07, 6.45) is 1.81. The van der Waals surface area contributed by atoms with Crippen LogP contribution in [0.3, 0.4) is 0 Å². The lowest BCUT2D eigenvalue weighted by Gasteiger charge is -2.48. The van der Waals surface area contributed by atoms with Gasteiger partial charge in [-0.1, -0.05) is 0 Å². The third kappa shape index (κ3) is 4.68. The number of ether oxygens (including phenoxy) is 1. The molecular weight excluding hydrogens is 475 g/mol. The van der Waals surface area contributed by atoms with Gasteiger partial charge in [0.15, 0.2) is 11.8 Å². The largest absolute Gasteiger partial charge is 0.506 e. The van der Waals surface area contributed by atoms with E-state index in [-0.39, 0.29) is 22.9 Å². The second-order valence-electron chi connectivity index (χ2n) is 10.5. The molecule has 1 fully saturated rings. The zero-order chi connectivity index (χ0) is 26.5. The Morgan fingerprint density at radius 1 is 1.19 bits per heavy atom. The molecule has 10 nitrogen and oxygen atoms in total. The Morgan fingerprint density at radius 2 is 1.97 bits per heavy atom. The summed E-state index contributed by atoms with van der Waals surface area (Å²) in [7, 11) is 0. The number of halogens is 1. The molecule has 0 unspecified atom stereocenters. The van der Waals surface area contributed by atoms with E-state index >= 15 is 4.39 Å². The van der Waals surface area contributed by atoms with Crippen LogP contribution in [0.4, 0.5) is 4.39 Å². The molecule has 0 aromatic carbocycles. The molecular formula is C26H27FN8O2. The normalized spacial score (nSPS) is 20.5. The van der Waals surface area contributed by atoms with Crippen LogP contribution in [0.25, 0.3) is 28.3 Å². The molecule has 37 heavy (non-hydrogen) atoms. The van der Waals surface area contributed by atoms with E-state index in [1.54, 1.807) is 24.4 Å². The van der Waals surface area contributed by atoms with E-state index < -0.39 is 17.8 Å². The fourth-order valence-electron chi connectivity index (χ4n) is 4.93. The van der Waals surface area contributed by atoms with E-state index in [0.29, 0.717) is 34.6 Å². The average Bonchev–Trinajstić information content (AvgIpc) is 3.21. The molecule has 4 aromatic heterocycles. The van der Waals surface area contributed by atoms with E-state index in [9.17, 15) is 10.4 Å². The van der Waals surface area contributed by atoms with Gasteiger partial charge in [-0.25, -0.2) is 18.9 Å². The van der Waals surface area contributed by atoms with Gasteiger partial charge in [0.1, 0.15) is 29.3 Å². The average molecular weight is 503 g/mol. The topological polar surface area (TPSA) is 134 Å². The number of hydrogen-bond acceptors (Lipinski definition) is 9. The first kappa shape index (κ1) is 24.5. The van der Waals surface area contributed by atoms with Crippen LogP contribution in [0.15, 0.2) is 36.7 Å². The molecule has 0 aliphatic carbocycles. The molecule has 11 heteroatoms. The SMILES string of the molecule is Cc1cn2nc(-c3cnc(-c4ccc(O[C@@H]5CC(C)(C)NC(C)(C)[C@@H]5F)nn4)c(O)c3)cc(C#N)c2n1. The molecule has 1 aliphatic heterocycles. The molecule has 0 bridgehead atoms. The van der Waals surface area contributed by atoms with Crippen LogP contribution in [0.1, 0.15) is 45.4 Å². The monoisotopic (exact) mass is 502 g/mol. The van der Waals surface area contributed by atoms with Crippen LogP contribution >= 0.6 is 0 Å². The molecule has 5 heterocycles. The van der Waals surface area contributed by atoms with Gasteiger partial charge in [-0.2, -0.15) is 10.4 Å². The number of aryl methyl sites for hydroxylation is 1. The lowest BCUT2D eigenvalue weighted by molar-refractivity contribution is -0.0281. The van der Waals surface area contributed by atoms with Gasteiger partial charge >= 0.3 is 0 Å². The predicted molar refractivity (Wildman–Crippen MR) is 134 cm³/mol. The zero-order valence-corrected chi connectivity index (χ0v) is 21.2. The zero-order valence-electron chi connectivity index (χ0n) is 21.2. The fraction of sp³-hybridized carbons (Fsp3) is 0.385. The maximum absolute atomic E-state index is 15.1. The van der Waals surface area contributed by atoms with Crippen molar-refractivity contribution in [1.82, 2.24) is 35.1 Å². The first-order valence-electron chi connectivity index (χ1n) is 11.9. The number of alkyl halides is 1. The Hall–Kier alpha value is -4.17. The quantitative estimate of drug-likeness (QED) is 0.428. The number of nitrogens with one attached hydrogen (secondary N) is 1. The summed E-state index contributed by atoms with van der Waals surface area (Å²) in [5.74, 6) is 0.0616. The minimum Gasteiger partial charge on any atom is -0.506 e. The Labute approximate surface area is 213 Å². The summed E-state index contributed by atoms with van der Waals surface area (Å²) in [6.45, 7) is 9.46. The third-order valence-electron chi connectivity index (χ3n) is 6.37. The lowest BCUT2D eigenvalue weighted by atomic mass is 9.79. The van der Waals surface area contributed by atoms with Gasteiger partial charge in [0.25, 0.3) is 0 Å². The molecule has 0 saturated carbocycles. The molecule has 0 spiro atoms. The Morgan fingerprint density at radius 3 is 2.65 bits per heavy atom. The van der Waals surface area contributed by atoms with Crippen molar-refractivity contribution < 1.29 is 14.2 Å². The third-order valence-corrected chi connectivity index (χ3v) is 6.37. The number of fused-ring (bicyclic) bond motifs is 1. The minimum atomic E-state index is -1.24. The van der Waals surface area contributed by atoms with Gasteiger partial charge in [-0.05, 0) is 52.8 Å². The van der Waals surface area contributed by atoms with Crippen molar-refractivity contribution in [1.29, 1.82) is 5.26 Å². The molecule has 2 atom stereocenters. The number of pyridine rings is 1. The number of piperidine rings is 1. The van der Waals surface area contributed by atoms with Crippen LogP contribution < -0.4 is 10.1 Å². The van der Waals surface area contributed by atoms with Gasteiger partial charge in [0, 0.05) is 35.3 Å². The number of nitriles is 1. The summed E-state index contributed by atoms with van der Waals surface area (Å²) in [5, 5.41) is 36.2. The fourth-order valence-corrected chi connectivity index (χ4v) is 4.93. The summed E-state index contributed by atoms with van der Waals surface area (Å²) in [5.41, 5.74) is 2.03. The highest BCUT2D eigenvalue weighted by Gasteiger charge is 2.47. The smallest absolute Gasteiger partial charge is 0.233 e. The van der Waals surface area contributed by atoms with E-state index in [0.717, 1.165) is 5.69 Å². The number of aromatic nitrogens is 6. The van der Waals surface area contributed by atoms with Gasteiger partial charge in [-0.15, -0.1) is 10.2 Å². The number of rotatable bonds is 4. The van der Waals surface area contributed by atoms with E-state index in [1.165, 1.54) is 16.8 Å². The molecule has 1 aliphatic rings. The van der Waals surface area contributed by atoms with E-state index in [2.05, 4.69) is 36.7 Å². The maximum atomic E-state index is 15.1. The van der Waals surface area contributed by atoms with Crippen molar-refractivity contribution in [2.45, 2.75) is 64.4 Å². The molecule has 4 aromatic rings. The molecule has 1 saturated heterocycles. The summed E-state index contributed by atoms with van der Waals surface area (Å²) in [6, 6.07) is 8.43. The highest BCUT2D eigenvalue weighted by molar-refractivity contribution is 5.70. The Kier molecular flexibility index (Phi) is 5.79. The van der Waals surface area contributed by atoms with Crippen molar-refractivity contribution in [2.24, 2.45) is 0 Å². The Bertz CT molecular complexity index is 1520. The second kappa shape index (κ2) is 8.74. The van der Waals surface area contributed by atoms with Crippen LogP contribution in [0.5, 0.6) is 11.6 Å². The van der Waals surface area contributed by atoms with Gasteiger partial charge in [0.2, 0.25) is 5.88 Å². The lowest BCUT2D eigenvalue weighted by Crippen LogP contribution is -2.66. The van der Waals surface area contributed by atoms with Crippen molar-refractivity contribution in [3.63, 3.8) is 0 Å². The van der Waals surface area contributed by atoms with E-state index in [1.807, 2.05) is 34.6 Å². The number of aromatic hydroxyl groups is 1. The first-order valence-corrected chi connectivity index (χ1v) is 11.9. The summed E-state index contributed by atoms with van der Waals surface area (Å²) < 4.78 is 22.5. The van der Waals surface area contributed by atoms with E-state index in [4.69, 9.17) is 4.74 Å². The van der Waals surface area contributed by atoms with Gasteiger partial charge in [-0.3, -0.25) is 0 Å².